The number of piperidine rings is 1. The van der Waals surface area contributed by atoms with Crippen LogP contribution in [-0.2, 0) is 0 Å². The molecule has 2 aliphatic rings. The number of hydrogen-bond acceptors (Lipinski definition) is 2. The molecule has 19 heavy (non-hydrogen) atoms. The maximum Gasteiger partial charge on any atom is 0.119 e. The van der Waals surface area contributed by atoms with Gasteiger partial charge in [0.05, 0.1) is 7.11 Å². The van der Waals surface area contributed by atoms with Crippen molar-refractivity contribution < 1.29 is 4.74 Å². The molecule has 2 fully saturated rings. The van der Waals surface area contributed by atoms with Gasteiger partial charge in [-0.2, -0.15) is 0 Å². The Balaban J connectivity index is 1.88. The van der Waals surface area contributed by atoms with E-state index in [0.29, 0.717) is 11.5 Å². The molecule has 1 aromatic carbocycles. The molecule has 4 unspecified atom stereocenters. The normalized spacial score (nSPS) is 37.9. The van der Waals surface area contributed by atoms with Crippen molar-refractivity contribution in [3.63, 3.8) is 0 Å². The van der Waals surface area contributed by atoms with E-state index in [-0.39, 0.29) is 0 Å². The van der Waals surface area contributed by atoms with E-state index >= 15 is 0 Å². The van der Waals surface area contributed by atoms with E-state index in [1.54, 1.807) is 7.11 Å². The molecular weight excluding hydrogens is 234 g/mol. The molecule has 4 atom stereocenters. The van der Waals surface area contributed by atoms with Crippen molar-refractivity contribution >= 4 is 0 Å². The highest BCUT2D eigenvalue weighted by atomic mass is 16.5. The van der Waals surface area contributed by atoms with Gasteiger partial charge < -0.3 is 10.1 Å². The summed E-state index contributed by atoms with van der Waals surface area (Å²) in [5, 5.41) is 3.75. The molecule has 1 saturated heterocycles. The van der Waals surface area contributed by atoms with Crippen LogP contribution in [0.5, 0.6) is 5.75 Å². The second kappa shape index (κ2) is 4.82. The fourth-order valence-corrected chi connectivity index (χ4v) is 4.09. The molecule has 2 heteroatoms. The van der Waals surface area contributed by atoms with Gasteiger partial charge in [-0.25, -0.2) is 0 Å². The third-order valence-corrected chi connectivity index (χ3v) is 5.52. The van der Waals surface area contributed by atoms with Gasteiger partial charge in [-0.1, -0.05) is 19.1 Å². The molecule has 0 spiro atoms. The highest BCUT2D eigenvalue weighted by Crippen LogP contribution is 2.48. The van der Waals surface area contributed by atoms with E-state index in [4.69, 9.17) is 4.74 Å². The van der Waals surface area contributed by atoms with Gasteiger partial charge in [-0.05, 0) is 68.2 Å². The number of nitrogens with one attached hydrogen (secondary N) is 1. The van der Waals surface area contributed by atoms with E-state index in [1.165, 1.54) is 31.4 Å². The van der Waals surface area contributed by atoms with Crippen LogP contribution in [0.15, 0.2) is 24.3 Å². The summed E-state index contributed by atoms with van der Waals surface area (Å²) in [5.41, 5.74) is 1.83. The van der Waals surface area contributed by atoms with Crippen molar-refractivity contribution in [2.24, 2.45) is 11.8 Å². The van der Waals surface area contributed by atoms with Gasteiger partial charge in [-0.15, -0.1) is 0 Å². The average Bonchev–Trinajstić information content (AvgIpc) is 2.43. The molecule has 0 aromatic heterocycles. The third-order valence-electron chi connectivity index (χ3n) is 5.52. The maximum atomic E-state index is 5.38. The van der Waals surface area contributed by atoms with Gasteiger partial charge in [0.1, 0.15) is 5.75 Å². The molecule has 0 radical (unpaired) electrons. The van der Waals surface area contributed by atoms with Gasteiger partial charge >= 0.3 is 0 Å². The van der Waals surface area contributed by atoms with E-state index in [0.717, 1.165) is 17.6 Å². The standard InChI is InChI=1S/C17H25NO/c1-12-9-16(13-5-4-6-15(10-13)19-3)14-7-8-18-17(12,2)11-14/h4-6,10,12,14,16,18H,7-9,11H2,1-3H3. The minimum Gasteiger partial charge on any atom is -0.497 e. The fourth-order valence-electron chi connectivity index (χ4n) is 4.09. The predicted octanol–water partition coefficient (Wildman–Crippen LogP) is 3.58. The zero-order valence-corrected chi connectivity index (χ0v) is 12.3. The minimum atomic E-state index is 0.359. The monoisotopic (exact) mass is 259 g/mol. The van der Waals surface area contributed by atoms with E-state index in [9.17, 15) is 0 Å². The van der Waals surface area contributed by atoms with Crippen molar-refractivity contribution in [1.82, 2.24) is 5.32 Å². The molecule has 0 amide bonds. The number of benzene rings is 1. The Hall–Kier alpha value is -1.02. The summed E-state index contributed by atoms with van der Waals surface area (Å²) in [7, 11) is 1.75. The predicted molar refractivity (Wildman–Crippen MR) is 78.6 cm³/mol. The Kier molecular flexibility index (Phi) is 3.30. The maximum absolute atomic E-state index is 5.38. The number of ether oxygens (including phenoxy) is 1. The molecule has 1 N–H and O–H groups in total. The topological polar surface area (TPSA) is 21.3 Å². The van der Waals surface area contributed by atoms with Gasteiger partial charge in [0.15, 0.2) is 0 Å². The van der Waals surface area contributed by atoms with Crippen LogP contribution in [0.25, 0.3) is 0 Å². The highest BCUT2D eigenvalue weighted by Gasteiger charge is 2.45. The summed E-state index contributed by atoms with van der Waals surface area (Å²) in [4.78, 5) is 0. The minimum absolute atomic E-state index is 0.359. The Labute approximate surface area is 116 Å². The lowest BCUT2D eigenvalue weighted by molar-refractivity contribution is 0.0708. The molecule has 2 nitrogen and oxygen atoms in total. The van der Waals surface area contributed by atoms with Crippen LogP contribution in [0.4, 0.5) is 0 Å². The molecule has 1 aliphatic carbocycles. The lowest BCUT2D eigenvalue weighted by atomic mass is 9.61. The van der Waals surface area contributed by atoms with Gasteiger partial charge in [-0.3, -0.25) is 0 Å². The molecule has 1 aliphatic heterocycles. The van der Waals surface area contributed by atoms with Crippen LogP contribution in [0, 0.1) is 11.8 Å². The summed E-state index contributed by atoms with van der Waals surface area (Å²) < 4.78 is 5.38. The lowest BCUT2D eigenvalue weighted by Gasteiger charge is -2.51. The highest BCUT2D eigenvalue weighted by molar-refractivity contribution is 5.32. The second-order valence-corrected chi connectivity index (χ2v) is 6.62. The van der Waals surface area contributed by atoms with Gasteiger partial charge in [0, 0.05) is 5.54 Å². The van der Waals surface area contributed by atoms with E-state index in [2.05, 4.69) is 37.4 Å². The van der Waals surface area contributed by atoms with Crippen LogP contribution >= 0.6 is 0 Å². The lowest BCUT2D eigenvalue weighted by Crippen LogP contribution is -2.57. The summed E-state index contributed by atoms with van der Waals surface area (Å²) in [6.45, 7) is 5.99. The molecule has 1 heterocycles. The Morgan fingerprint density at radius 2 is 2.21 bits per heavy atom. The smallest absolute Gasteiger partial charge is 0.119 e. The van der Waals surface area contributed by atoms with Crippen LogP contribution in [-0.4, -0.2) is 19.2 Å². The van der Waals surface area contributed by atoms with Crippen LogP contribution in [0.3, 0.4) is 0 Å². The zero-order valence-electron chi connectivity index (χ0n) is 12.3. The Bertz CT molecular complexity index is 458. The fraction of sp³-hybridized carbons (Fsp3) is 0.647. The number of hydrogen-bond donors (Lipinski definition) is 1. The molecule has 104 valence electrons. The first-order valence-corrected chi connectivity index (χ1v) is 7.51. The van der Waals surface area contributed by atoms with Crippen molar-refractivity contribution in [3.05, 3.63) is 29.8 Å². The van der Waals surface area contributed by atoms with Crippen molar-refractivity contribution in [3.8, 4) is 5.75 Å². The van der Waals surface area contributed by atoms with Gasteiger partial charge in [0.25, 0.3) is 0 Å². The molecule has 2 bridgehead atoms. The average molecular weight is 259 g/mol. The SMILES string of the molecule is COc1cccc(C2CC(C)C3(C)CC2CCN3)c1. The molecule has 1 aromatic rings. The Morgan fingerprint density at radius 1 is 1.37 bits per heavy atom. The van der Waals surface area contributed by atoms with Gasteiger partial charge in [0.2, 0.25) is 0 Å². The summed E-state index contributed by atoms with van der Waals surface area (Å²) in [6.07, 6.45) is 3.92. The first kappa shape index (κ1) is 13.0. The van der Waals surface area contributed by atoms with Crippen LogP contribution in [0.2, 0.25) is 0 Å². The van der Waals surface area contributed by atoms with Crippen LogP contribution in [0.1, 0.15) is 44.6 Å². The second-order valence-electron chi connectivity index (χ2n) is 6.62. The molecular formula is C17H25NO. The van der Waals surface area contributed by atoms with Crippen LogP contribution < -0.4 is 10.1 Å². The Morgan fingerprint density at radius 3 is 3.00 bits per heavy atom. The quantitative estimate of drug-likeness (QED) is 0.876. The number of methoxy groups -OCH3 is 1. The largest absolute Gasteiger partial charge is 0.497 e. The van der Waals surface area contributed by atoms with Crippen molar-refractivity contribution in [1.29, 1.82) is 0 Å². The van der Waals surface area contributed by atoms with E-state index in [1.807, 2.05) is 6.07 Å². The first-order chi connectivity index (χ1) is 9.12. The first-order valence-electron chi connectivity index (χ1n) is 7.51. The number of rotatable bonds is 2. The molecule has 1 saturated carbocycles. The molecule has 3 rings (SSSR count). The van der Waals surface area contributed by atoms with Crippen molar-refractivity contribution in [2.75, 3.05) is 13.7 Å². The van der Waals surface area contributed by atoms with E-state index < -0.39 is 0 Å². The summed E-state index contributed by atoms with van der Waals surface area (Å²) in [5.74, 6) is 3.27. The van der Waals surface area contributed by atoms with Crippen molar-refractivity contribution in [2.45, 2.75) is 44.6 Å². The summed E-state index contributed by atoms with van der Waals surface area (Å²) in [6, 6.07) is 8.70. The third kappa shape index (κ3) is 2.27. The number of fused-ring (bicyclic) bond motifs is 2. The zero-order chi connectivity index (χ0) is 13.5. The summed E-state index contributed by atoms with van der Waals surface area (Å²) >= 11 is 0.